The van der Waals surface area contributed by atoms with Gasteiger partial charge >= 0.3 is 17.9 Å². The number of aromatic hydroxyl groups is 1. The second kappa shape index (κ2) is 6.20. The van der Waals surface area contributed by atoms with Gasteiger partial charge in [0, 0.05) is 6.08 Å². The number of aliphatic carboxylic acids is 2. The summed E-state index contributed by atoms with van der Waals surface area (Å²) in [7, 11) is 0. The third kappa shape index (κ3) is 4.50. The van der Waals surface area contributed by atoms with Gasteiger partial charge in [-0.3, -0.25) is 0 Å². The number of phenols is 1. The van der Waals surface area contributed by atoms with E-state index in [1.807, 2.05) is 0 Å². The van der Waals surface area contributed by atoms with Gasteiger partial charge in [-0.15, -0.1) is 0 Å². The van der Waals surface area contributed by atoms with Crippen LogP contribution in [0.3, 0.4) is 0 Å². The average molecular weight is 266 g/mol. The van der Waals surface area contributed by atoms with Crippen molar-refractivity contribution in [3.63, 3.8) is 0 Å². The first-order valence-corrected chi connectivity index (χ1v) is 5.03. The van der Waals surface area contributed by atoms with Gasteiger partial charge in [0.15, 0.2) is 0 Å². The van der Waals surface area contributed by atoms with Gasteiger partial charge in [0.25, 0.3) is 6.10 Å². The molecule has 3 N–H and O–H groups in total. The molecule has 0 atom stereocenters. The number of phenolic OH excluding ortho intramolecular Hbond substituents is 1. The van der Waals surface area contributed by atoms with Crippen LogP contribution in [0.15, 0.2) is 30.3 Å². The molecule has 0 unspecified atom stereocenters. The zero-order chi connectivity index (χ0) is 14.4. The Morgan fingerprint density at radius 1 is 1.05 bits per heavy atom. The molecule has 0 fully saturated rings. The highest BCUT2D eigenvalue weighted by Gasteiger charge is 2.29. The van der Waals surface area contributed by atoms with Gasteiger partial charge in [0.2, 0.25) is 0 Å². The van der Waals surface area contributed by atoms with Crippen molar-refractivity contribution in [2.24, 2.45) is 0 Å². The molecule has 0 radical (unpaired) electrons. The van der Waals surface area contributed by atoms with Gasteiger partial charge in [-0.2, -0.15) is 0 Å². The Balaban J connectivity index is 2.66. The summed E-state index contributed by atoms with van der Waals surface area (Å²) in [5.41, 5.74) is 0.553. The van der Waals surface area contributed by atoms with Gasteiger partial charge in [-0.25, -0.2) is 14.4 Å². The first-order valence-electron chi connectivity index (χ1n) is 5.03. The number of carboxylic acids is 2. The molecular formula is C12H10O7. The third-order valence-electron chi connectivity index (χ3n) is 1.99. The minimum atomic E-state index is -2.24. The van der Waals surface area contributed by atoms with Gasteiger partial charge in [0.05, 0.1) is 0 Å². The van der Waals surface area contributed by atoms with E-state index in [1.165, 1.54) is 30.3 Å². The van der Waals surface area contributed by atoms with E-state index in [0.717, 1.165) is 6.08 Å². The van der Waals surface area contributed by atoms with Crippen molar-refractivity contribution in [2.45, 2.75) is 6.10 Å². The molecule has 7 heteroatoms. The molecule has 7 nitrogen and oxygen atoms in total. The van der Waals surface area contributed by atoms with Crippen LogP contribution in [0.25, 0.3) is 6.08 Å². The molecule has 0 aliphatic rings. The fourth-order valence-corrected chi connectivity index (χ4v) is 1.11. The number of hydrogen-bond acceptors (Lipinski definition) is 5. The summed E-state index contributed by atoms with van der Waals surface area (Å²) in [6.45, 7) is 0. The highest BCUT2D eigenvalue weighted by atomic mass is 16.6. The minimum Gasteiger partial charge on any atom is -0.508 e. The van der Waals surface area contributed by atoms with Gasteiger partial charge in [-0.1, -0.05) is 12.1 Å². The summed E-state index contributed by atoms with van der Waals surface area (Å²) >= 11 is 0. The molecule has 0 saturated heterocycles. The van der Waals surface area contributed by atoms with Crippen molar-refractivity contribution in [3.8, 4) is 5.75 Å². The molecule has 1 aromatic carbocycles. The van der Waals surface area contributed by atoms with Crippen molar-refractivity contribution in [3.05, 3.63) is 35.9 Å². The molecule has 19 heavy (non-hydrogen) atoms. The zero-order valence-corrected chi connectivity index (χ0v) is 9.52. The molecule has 0 bridgehead atoms. The van der Waals surface area contributed by atoms with E-state index in [2.05, 4.69) is 4.74 Å². The summed E-state index contributed by atoms with van der Waals surface area (Å²) in [5, 5.41) is 26.0. The van der Waals surface area contributed by atoms with Gasteiger partial charge < -0.3 is 20.1 Å². The van der Waals surface area contributed by atoms with Crippen molar-refractivity contribution < 1.29 is 34.4 Å². The summed E-state index contributed by atoms with van der Waals surface area (Å²) in [6, 6.07) is 5.79. The number of hydrogen-bond donors (Lipinski definition) is 3. The SMILES string of the molecule is O=C(/C=C/c1ccc(O)cc1)OC(C(=O)O)C(=O)O. The summed E-state index contributed by atoms with van der Waals surface area (Å²) in [4.78, 5) is 32.2. The normalized spacial score (nSPS) is 10.6. The predicted octanol–water partition coefficient (Wildman–Crippen LogP) is 0.486. The molecular weight excluding hydrogens is 256 g/mol. The van der Waals surface area contributed by atoms with Crippen LogP contribution >= 0.6 is 0 Å². The lowest BCUT2D eigenvalue weighted by molar-refractivity contribution is -0.172. The molecule has 1 aromatic rings. The molecule has 0 aliphatic carbocycles. The highest BCUT2D eigenvalue weighted by Crippen LogP contribution is 2.10. The van der Waals surface area contributed by atoms with Crippen LogP contribution in [-0.4, -0.2) is 39.3 Å². The Kier molecular flexibility index (Phi) is 4.64. The third-order valence-corrected chi connectivity index (χ3v) is 1.99. The monoisotopic (exact) mass is 266 g/mol. The summed E-state index contributed by atoms with van der Waals surface area (Å²) in [6.07, 6.45) is -0.0506. The van der Waals surface area contributed by atoms with E-state index in [-0.39, 0.29) is 5.75 Å². The number of benzene rings is 1. The van der Waals surface area contributed by atoms with Gasteiger partial charge in [0.1, 0.15) is 5.75 Å². The second-order valence-corrected chi connectivity index (χ2v) is 3.42. The largest absolute Gasteiger partial charge is 0.508 e. The lowest BCUT2D eigenvalue weighted by atomic mass is 10.2. The molecule has 0 spiro atoms. The maximum atomic E-state index is 11.2. The molecule has 0 saturated carbocycles. The van der Waals surface area contributed by atoms with E-state index in [4.69, 9.17) is 15.3 Å². The fraction of sp³-hybridized carbons (Fsp3) is 0.0833. The van der Waals surface area contributed by atoms with Crippen LogP contribution in [0.2, 0.25) is 0 Å². The first kappa shape index (κ1) is 14.2. The first-order chi connectivity index (χ1) is 8.90. The molecule has 0 amide bonds. The van der Waals surface area contributed by atoms with Crippen molar-refractivity contribution in [1.29, 1.82) is 0 Å². The maximum absolute atomic E-state index is 11.2. The topological polar surface area (TPSA) is 121 Å². The number of carbonyl (C=O) groups is 3. The minimum absolute atomic E-state index is 0.0524. The Morgan fingerprint density at radius 3 is 2.05 bits per heavy atom. The Hall–Kier alpha value is -2.83. The van der Waals surface area contributed by atoms with E-state index < -0.39 is 24.0 Å². The quantitative estimate of drug-likeness (QED) is 0.402. The zero-order valence-electron chi connectivity index (χ0n) is 9.52. The molecule has 0 aliphatic heterocycles. The van der Waals surface area contributed by atoms with Crippen LogP contribution < -0.4 is 0 Å². The maximum Gasteiger partial charge on any atom is 0.356 e. The number of rotatable bonds is 5. The number of esters is 1. The molecule has 0 aromatic heterocycles. The average Bonchev–Trinajstić information content (AvgIpc) is 2.34. The second-order valence-electron chi connectivity index (χ2n) is 3.42. The predicted molar refractivity (Wildman–Crippen MR) is 62.3 cm³/mol. The Morgan fingerprint density at radius 2 is 1.58 bits per heavy atom. The van der Waals surface area contributed by atoms with Crippen LogP contribution in [0.1, 0.15) is 5.56 Å². The Bertz CT molecular complexity index is 501. The Labute approximate surface area is 107 Å². The van der Waals surface area contributed by atoms with Crippen LogP contribution in [0, 0.1) is 0 Å². The molecule has 1 rings (SSSR count). The van der Waals surface area contributed by atoms with E-state index in [1.54, 1.807) is 0 Å². The summed E-state index contributed by atoms with van der Waals surface area (Å²) in [5.74, 6) is -4.57. The van der Waals surface area contributed by atoms with Crippen molar-refractivity contribution >= 4 is 24.0 Å². The van der Waals surface area contributed by atoms with E-state index in [0.29, 0.717) is 5.56 Å². The van der Waals surface area contributed by atoms with Crippen LogP contribution in [-0.2, 0) is 19.1 Å². The van der Waals surface area contributed by atoms with Crippen LogP contribution in [0.4, 0.5) is 0 Å². The number of carboxylic acid groups (broad SMARTS) is 2. The van der Waals surface area contributed by atoms with Crippen LogP contribution in [0.5, 0.6) is 5.75 Å². The smallest absolute Gasteiger partial charge is 0.356 e. The fourth-order valence-electron chi connectivity index (χ4n) is 1.11. The number of carbonyl (C=O) groups excluding carboxylic acids is 1. The van der Waals surface area contributed by atoms with Crippen molar-refractivity contribution in [1.82, 2.24) is 0 Å². The van der Waals surface area contributed by atoms with Gasteiger partial charge in [-0.05, 0) is 23.8 Å². The standard InChI is InChI=1S/C12H10O7/c13-8-4-1-7(2-5-8)3-6-9(14)19-10(11(15)16)12(17)18/h1-6,10,13H,(H,15,16)(H,17,18)/b6-3+. The number of ether oxygens (including phenoxy) is 1. The van der Waals surface area contributed by atoms with Crippen molar-refractivity contribution in [2.75, 3.05) is 0 Å². The lowest BCUT2D eigenvalue weighted by Gasteiger charge is -2.06. The van der Waals surface area contributed by atoms with E-state index in [9.17, 15) is 14.4 Å². The molecule has 100 valence electrons. The summed E-state index contributed by atoms with van der Waals surface area (Å²) < 4.78 is 4.24. The highest BCUT2D eigenvalue weighted by molar-refractivity contribution is 5.99. The van der Waals surface area contributed by atoms with E-state index >= 15 is 0 Å². The molecule has 0 heterocycles. The lowest BCUT2D eigenvalue weighted by Crippen LogP contribution is -2.34.